The fourth-order valence-electron chi connectivity index (χ4n) is 6.90. The maximum atomic E-state index is 12.7. The van der Waals surface area contributed by atoms with E-state index in [9.17, 15) is 9.59 Å². The van der Waals surface area contributed by atoms with Crippen LogP contribution in [0.15, 0.2) is 158 Å². The number of benzene rings is 5. The smallest absolute Gasteiger partial charge is 0.193 e. The first-order valence-electron chi connectivity index (χ1n) is 19.6. The van der Waals surface area contributed by atoms with Crippen molar-refractivity contribution in [2.45, 2.75) is 39.3 Å². The first-order chi connectivity index (χ1) is 28.4. The molecule has 8 rings (SSSR count). The minimum atomic E-state index is -0.0635. The number of ether oxygens (including phenoxy) is 2. The number of unbranched alkanes of at least 4 members (excludes halogenated alkanes) is 1. The summed E-state index contributed by atoms with van der Waals surface area (Å²) in [6.45, 7) is 6.04. The summed E-state index contributed by atoms with van der Waals surface area (Å²) in [6, 6.07) is 41.7. The maximum Gasteiger partial charge on any atom is 0.193 e. The molecular weight excluding hydrogens is 729 g/mol. The lowest BCUT2D eigenvalue weighted by atomic mass is 10.1. The Morgan fingerprint density at radius 3 is 2.00 bits per heavy atom. The van der Waals surface area contributed by atoms with E-state index < -0.39 is 0 Å². The average molecular weight is 773 g/mol. The number of aromatic nitrogens is 3. The van der Waals surface area contributed by atoms with Crippen molar-refractivity contribution in [3.63, 3.8) is 0 Å². The van der Waals surface area contributed by atoms with Gasteiger partial charge >= 0.3 is 0 Å². The van der Waals surface area contributed by atoms with Crippen LogP contribution in [0.25, 0.3) is 44.6 Å². The van der Waals surface area contributed by atoms with Crippen molar-refractivity contribution >= 4 is 21.9 Å². The molecule has 10 heteroatoms. The summed E-state index contributed by atoms with van der Waals surface area (Å²) in [4.78, 5) is 27.6. The van der Waals surface area contributed by atoms with Gasteiger partial charge in [-0.25, -0.2) is 0 Å². The molecule has 0 radical (unpaired) electrons. The van der Waals surface area contributed by atoms with Gasteiger partial charge < -0.3 is 18.3 Å². The fourth-order valence-corrected chi connectivity index (χ4v) is 6.90. The molecule has 0 unspecified atom stereocenters. The first-order valence-corrected chi connectivity index (χ1v) is 19.6. The number of aryl methyl sites for hydroxylation is 2. The van der Waals surface area contributed by atoms with Gasteiger partial charge in [0.15, 0.2) is 10.9 Å². The van der Waals surface area contributed by atoms with Crippen LogP contribution in [0.5, 0.6) is 11.5 Å². The van der Waals surface area contributed by atoms with E-state index in [2.05, 4.69) is 39.5 Å². The van der Waals surface area contributed by atoms with E-state index in [4.69, 9.17) is 18.3 Å². The molecule has 0 atom stereocenters. The fraction of sp³-hybridized carbons (Fsp3) is 0.208. The third-order valence-corrected chi connectivity index (χ3v) is 10.0. The van der Waals surface area contributed by atoms with Gasteiger partial charge in [-0.3, -0.25) is 19.2 Å². The Labute approximate surface area is 335 Å². The van der Waals surface area contributed by atoms with Crippen molar-refractivity contribution in [3.05, 3.63) is 177 Å². The first kappa shape index (κ1) is 38.1. The third-order valence-electron chi connectivity index (χ3n) is 10.0. The van der Waals surface area contributed by atoms with E-state index in [1.54, 1.807) is 18.2 Å². The van der Waals surface area contributed by atoms with E-state index in [0.29, 0.717) is 53.2 Å². The van der Waals surface area contributed by atoms with E-state index in [0.717, 1.165) is 72.8 Å². The highest BCUT2D eigenvalue weighted by Crippen LogP contribution is 2.26. The quantitative estimate of drug-likeness (QED) is 0.0837. The molecule has 0 aliphatic heterocycles. The molecule has 0 spiro atoms. The molecule has 0 bridgehead atoms. The molecule has 58 heavy (non-hydrogen) atoms. The SMILES string of the molecule is Cc1ccc2oc(-c3ccc(OCCCCc4cn(CCN(CCOc5ccc(-c6cc(=O)c7ccccc7o6)cc5)Cc5ccccc5)nn4)cc3)cc(=O)c2c1. The summed E-state index contributed by atoms with van der Waals surface area (Å²) in [5, 5.41) is 9.99. The molecule has 292 valence electrons. The molecule has 3 heterocycles. The molecule has 0 aliphatic rings. The Balaban J connectivity index is 0.787. The highest BCUT2D eigenvalue weighted by atomic mass is 16.5. The van der Waals surface area contributed by atoms with Crippen LogP contribution in [-0.4, -0.2) is 46.2 Å². The van der Waals surface area contributed by atoms with Gasteiger partial charge in [-0.05, 0) is 105 Å². The van der Waals surface area contributed by atoms with E-state index in [-0.39, 0.29) is 10.9 Å². The summed E-state index contributed by atoms with van der Waals surface area (Å²) in [7, 11) is 0. The summed E-state index contributed by atoms with van der Waals surface area (Å²) in [5.41, 5.74) is 5.89. The van der Waals surface area contributed by atoms with Gasteiger partial charge in [-0.1, -0.05) is 59.3 Å². The largest absolute Gasteiger partial charge is 0.494 e. The number of hydrogen-bond acceptors (Lipinski definition) is 9. The standard InChI is InChI=1S/C48H44N4O6/c1-34-14-23-46-42(29-34)44(54)31-48(58-46)37-15-19-39(20-16-37)55-27-8-7-11-38-33-52(50-49-38)25-24-51(32-35-9-3-2-4-10-35)26-28-56-40-21-17-36(18-22-40)47-30-43(53)41-12-5-6-13-45(41)57-47/h2-6,9-10,12-23,29-31,33H,7-8,11,24-28,32H2,1H3. The highest BCUT2D eigenvalue weighted by molar-refractivity contribution is 5.80. The second-order valence-electron chi connectivity index (χ2n) is 14.4. The number of nitrogens with zero attached hydrogens (tertiary/aromatic N) is 4. The lowest BCUT2D eigenvalue weighted by Crippen LogP contribution is -2.31. The molecule has 10 nitrogen and oxygen atoms in total. The Hall–Kier alpha value is -6.78. The van der Waals surface area contributed by atoms with Crippen LogP contribution >= 0.6 is 0 Å². The van der Waals surface area contributed by atoms with E-state index in [1.807, 2.05) is 103 Å². The minimum absolute atomic E-state index is 0.0520. The van der Waals surface area contributed by atoms with Gasteiger partial charge in [0.05, 0.1) is 29.6 Å². The van der Waals surface area contributed by atoms with Crippen LogP contribution < -0.4 is 20.3 Å². The molecule has 0 aliphatic carbocycles. The molecule has 0 saturated heterocycles. The van der Waals surface area contributed by atoms with Crippen LogP contribution in [0.2, 0.25) is 0 Å². The van der Waals surface area contributed by atoms with Crippen molar-refractivity contribution in [3.8, 4) is 34.1 Å². The minimum Gasteiger partial charge on any atom is -0.494 e. The zero-order valence-corrected chi connectivity index (χ0v) is 32.4. The molecule has 0 saturated carbocycles. The van der Waals surface area contributed by atoms with Crippen molar-refractivity contribution in [2.75, 3.05) is 26.3 Å². The predicted molar refractivity (Wildman–Crippen MR) is 226 cm³/mol. The number of rotatable bonds is 17. The van der Waals surface area contributed by atoms with Gasteiger partial charge in [0.25, 0.3) is 0 Å². The lowest BCUT2D eigenvalue weighted by Gasteiger charge is -2.22. The van der Waals surface area contributed by atoms with Crippen LogP contribution in [0.1, 0.15) is 29.7 Å². The molecular formula is C48H44N4O6. The monoisotopic (exact) mass is 772 g/mol. The molecule has 5 aromatic carbocycles. The third kappa shape index (κ3) is 9.59. The summed E-state index contributed by atoms with van der Waals surface area (Å²) in [6.07, 6.45) is 4.65. The van der Waals surface area contributed by atoms with Gasteiger partial charge in [0.1, 0.15) is 40.8 Å². The van der Waals surface area contributed by atoms with Crippen molar-refractivity contribution in [2.24, 2.45) is 0 Å². The molecule has 3 aromatic heterocycles. The number of para-hydroxylation sites is 1. The van der Waals surface area contributed by atoms with Crippen LogP contribution in [-0.2, 0) is 19.5 Å². The second kappa shape index (κ2) is 18.0. The average Bonchev–Trinajstić information content (AvgIpc) is 3.71. The molecule has 0 amide bonds. The Morgan fingerprint density at radius 1 is 0.638 bits per heavy atom. The van der Waals surface area contributed by atoms with Crippen LogP contribution in [0.4, 0.5) is 0 Å². The van der Waals surface area contributed by atoms with Gasteiger partial charge in [-0.15, -0.1) is 5.10 Å². The Kier molecular flexibility index (Phi) is 11.8. The van der Waals surface area contributed by atoms with Crippen molar-refractivity contribution < 1.29 is 18.3 Å². The van der Waals surface area contributed by atoms with Crippen LogP contribution in [0.3, 0.4) is 0 Å². The zero-order chi connectivity index (χ0) is 39.7. The predicted octanol–water partition coefficient (Wildman–Crippen LogP) is 9.12. The number of fused-ring (bicyclic) bond motifs is 2. The van der Waals surface area contributed by atoms with Crippen molar-refractivity contribution in [1.82, 2.24) is 19.9 Å². The zero-order valence-electron chi connectivity index (χ0n) is 32.4. The summed E-state index contributed by atoms with van der Waals surface area (Å²) < 4.78 is 26.1. The summed E-state index contributed by atoms with van der Waals surface area (Å²) >= 11 is 0. The normalized spacial score (nSPS) is 11.4. The van der Waals surface area contributed by atoms with Gasteiger partial charge in [0, 0.05) is 49.1 Å². The van der Waals surface area contributed by atoms with E-state index >= 15 is 0 Å². The molecule has 0 N–H and O–H groups in total. The van der Waals surface area contributed by atoms with Crippen molar-refractivity contribution in [1.29, 1.82) is 0 Å². The Morgan fingerprint density at radius 2 is 1.28 bits per heavy atom. The van der Waals surface area contributed by atoms with Gasteiger partial charge in [-0.2, -0.15) is 0 Å². The van der Waals surface area contributed by atoms with Gasteiger partial charge in [0.2, 0.25) is 0 Å². The van der Waals surface area contributed by atoms with E-state index in [1.165, 1.54) is 11.6 Å². The summed E-state index contributed by atoms with van der Waals surface area (Å²) in [5.74, 6) is 2.58. The Bertz CT molecular complexity index is 2720. The van der Waals surface area contributed by atoms with Crippen LogP contribution in [0, 0.1) is 6.92 Å². The second-order valence-corrected chi connectivity index (χ2v) is 14.4. The lowest BCUT2D eigenvalue weighted by molar-refractivity contribution is 0.195. The maximum absolute atomic E-state index is 12.7. The topological polar surface area (TPSA) is 113 Å². The molecule has 0 fully saturated rings. The number of hydrogen-bond donors (Lipinski definition) is 0. The highest BCUT2D eigenvalue weighted by Gasteiger charge is 2.12. The molecule has 8 aromatic rings.